The van der Waals surface area contributed by atoms with Crippen molar-refractivity contribution in [1.82, 2.24) is 0 Å². The smallest absolute Gasteiger partial charge is 0.162 e. The zero-order chi connectivity index (χ0) is 15.2. The summed E-state index contributed by atoms with van der Waals surface area (Å²) in [7, 11) is 0. The van der Waals surface area contributed by atoms with Gasteiger partial charge in [0.25, 0.3) is 0 Å². The lowest BCUT2D eigenvalue weighted by Crippen LogP contribution is -2.02. The Balaban J connectivity index is 2.10. The van der Waals surface area contributed by atoms with Crippen molar-refractivity contribution in [3.05, 3.63) is 64.7 Å². The van der Waals surface area contributed by atoms with Gasteiger partial charge in [-0.25, -0.2) is 0 Å². The van der Waals surface area contributed by atoms with Gasteiger partial charge in [0.05, 0.1) is 0 Å². The van der Waals surface area contributed by atoms with E-state index in [1.54, 1.807) is 0 Å². The second-order valence-corrected chi connectivity index (χ2v) is 5.36. The van der Waals surface area contributed by atoms with Crippen LogP contribution in [0, 0.1) is 13.8 Å². The minimum absolute atomic E-state index is 0.176. The van der Waals surface area contributed by atoms with E-state index in [1.807, 2.05) is 31.2 Å². The van der Waals surface area contributed by atoms with E-state index < -0.39 is 0 Å². The second kappa shape index (κ2) is 7.07. The van der Waals surface area contributed by atoms with Crippen LogP contribution in [0.25, 0.3) is 0 Å². The first kappa shape index (κ1) is 15.3. The normalized spacial score (nSPS) is 10.4. The van der Waals surface area contributed by atoms with Gasteiger partial charge in [-0.3, -0.25) is 4.79 Å². The van der Waals surface area contributed by atoms with Crippen LogP contribution in [0.5, 0.6) is 5.75 Å². The maximum atomic E-state index is 11.9. The fourth-order valence-corrected chi connectivity index (χ4v) is 2.36. The number of hydrogen-bond donors (Lipinski definition) is 0. The van der Waals surface area contributed by atoms with Crippen molar-refractivity contribution in [2.24, 2.45) is 0 Å². The molecule has 0 unspecified atom stereocenters. The Morgan fingerprint density at radius 3 is 2.38 bits per heavy atom. The van der Waals surface area contributed by atoms with Gasteiger partial charge >= 0.3 is 0 Å². The number of ether oxygens (including phenoxy) is 1. The van der Waals surface area contributed by atoms with Gasteiger partial charge in [0.15, 0.2) is 5.78 Å². The largest absolute Gasteiger partial charge is 0.489 e. The lowest BCUT2D eigenvalue weighted by molar-refractivity contribution is 0.0981. The summed E-state index contributed by atoms with van der Waals surface area (Å²) in [6.07, 6.45) is 1.45. The monoisotopic (exact) mass is 282 g/mol. The molecule has 0 bridgehead atoms. The van der Waals surface area contributed by atoms with Crippen LogP contribution in [0.3, 0.4) is 0 Å². The summed E-state index contributed by atoms with van der Waals surface area (Å²) in [5.41, 5.74) is 4.40. The molecule has 0 saturated heterocycles. The molecule has 0 fully saturated rings. The highest BCUT2D eigenvalue weighted by Gasteiger charge is 2.07. The van der Waals surface area contributed by atoms with Crippen molar-refractivity contribution >= 4 is 5.78 Å². The van der Waals surface area contributed by atoms with Crippen LogP contribution in [-0.2, 0) is 6.61 Å². The molecule has 0 radical (unpaired) electrons. The van der Waals surface area contributed by atoms with E-state index in [4.69, 9.17) is 4.74 Å². The molecule has 0 N–H and O–H groups in total. The Morgan fingerprint density at radius 2 is 1.71 bits per heavy atom. The maximum Gasteiger partial charge on any atom is 0.162 e. The molecule has 2 nitrogen and oxygen atoms in total. The molecule has 2 aromatic rings. The average Bonchev–Trinajstić information content (AvgIpc) is 2.47. The lowest BCUT2D eigenvalue weighted by Gasteiger charge is -2.12. The van der Waals surface area contributed by atoms with Crippen molar-refractivity contribution in [3.8, 4) is 5.75 Å². The first-order valence-electron chi connectivity index (χ1n) is 7.43. The van der Waals surface area contributed by atoms with E-state index in [0.29, 0.717) is 13.0 Å². The fourth-order valence-electron chi connectivity index (χ4n) is 2.36. The summed E-state index contributed by atoms with van der Waals surface area (Å²) in [6.45, 7) is 6.73. The Hall–Kier alpha value is -2.09. The number of Topliss-reactive ketones (excluding diaryl/α,β-unsaturated/α-hetero) is 1. The quantitative estimate of drug-likeness (QED) is 0.707. The van der Waals surface area contributed by atoms with Crippen LogP contribution in [0.1, 0.15) is 46.8 Å². The first-order chi connectivity index (χ1) is 10.1. The molecule has 110 valence electrons. The second-order valence-electron chi connectivity index (χ2n) is 5.36. The standard InChI is InChI=1S/C19H22O2/c1-4-7-19(20)16-10-6-11-17(12-16)21-13-18-14(2)8-5-9-15(18)3/h5-6,8-12H,4,7,13H2,1-3H3. The maximum absolute atomic E-state index is 11.9. The number of aryl methyl sites for hydroxylation is 2. The molecule has 0 heterocycles. The highest BCUT2D eigenvalue weighted by atomic mass is 16.5. The number of rotatable bonds is 6. The third-order valence-corrected chi connectivity index (χ3v) is 3.66. The van der Waals surface area contributed by atoms with Crippen LogP contribution in [0.4, 0.5) is 0 Å². The Kier molecular flexibility index (Phi) is 5.15. The van der Waals surface area contributed by atoms with E-state index >= 15 is 0 Å². The van der Waals surface area contributed by atoms with Gasteiger partial charge in [0, 0.05) is 12.0 Å². The molecule has 0 atom stereocenters. The van der Waals surface area contributed by atoms with Crippen LogP contribution >= 0.6 is 0 Å². The van der Waals surface area contributed by atoms with Crippen molar-refractivity contribution in [2.75, 3.05) is 0 Å². The summed E-state index contributed by atoms with van der Waals surface area (Å²) in [6, 6.07) is 13.7. The van der Waals surface area contributed by atoms with Gasteiger partial charge in [-0.1, -0.05) is 37.3 Å². The Bertz CT molecular complexity index is 609. The molecule has 0 aliphatic heterocycles. The highest BCUT2D eigenvalue weighted by Crippen LogP contribution is 2.19. The van der Waals surface area contributed by atoms with Gasteiger partial charge in [-0.15, -0.1) is 0 Å². The Morgan fingerprint density at radius 1 is 1.05 bits per heavy atom. The Labute approximate surface area is 126 Å². The summed E-state index contributed by atoms with van der Waals surface area (Å²) >= 11 is 0. The third-order valence-electron chi connectivity index (χ3n) is 3.66. The van der Waals surface area contributed by atoms with Crippen molar-refractivity contribution in [2.45, 2.75) is 40.2 Å². The molecular weight excluding hydrogens is 260 g/mol. The number of carbonyl (C=O) groups is 1. The molecule has 2 rings (SSSR count). The van der Waals surface area contributed by atoms with E-state index in [1.165, 1.54) is 16.7 Å². The van der Waals surface area contributed by atoms with E-state index in [-0.39, 0.29) is 5.78 Å². The van der Waals surface area contributed by atoms with Crippen molar-refractivity contribution in [3.63, 3.8) is 0 Å². The summed E-state index contributed by atoms with van der Waals surface area (Å²) in [5, 5.41) is 0. The first-order valence-corrected chi connectivity index (χ1v) is 7.43. The summed E-state index contributed by atoms with van der Waals surface area (Å²) < 4.78 is 5.87. The van der Waals surface area contributed by atoms with Crippen LogP contribution in [0.2, 0.25) is 0 Å². The number of ketones is 1. The van der Waals surface area contributed by atoms with Gasteiger partial charge in [-0.2, -0.15) is 0 Å². The molecule has 0 saturated carbocycles. The zero-order valence-corrected chi connectivity index (χ0v) is 13.0. The van der Waals surface area contributed by atoms with Gasteiger partial charge in [0.2, 0.25) is 0 Å². The van der Waals surface area contributed by atoms with Gasteiger partial charge in [0.1, 0.15) is 12.4 Å². The predicted octanol–water partition coefficient (Wildman–Crippen LogP) is 4.87. The lowest BCUT2D eigenvalue weighted by atomic mass is 10.0. The van der Waals surface area contributed by atoms with Crippen molar-refractivity contribution in [1.29, 1.82) is 0 Å². The molecule has 2 aromatic carbocycles. The molecule has 0 aromatic heterocycles. The topological polar surface area (TPSA) is 26.3 Å². The molecular formula is C19H22O2. The minimum Gasteiger partial charge on any atom is -0.489 e. The average molecular weight is 282 g/mol. The van der Waals surface area contributed by atoms with Crippen molar-refractivity contribution < 1.29 is 9.53 Å². The van der Waals surface area contributed by atoms with E-state index in [9.17, 15) is 4.79 Å². The molecule has 21 heavy (non-hydrogen) atoms. The predicted molar refractivity (Wildman–Crippen MR) is 85.9 cm³/mol. The third kappa shape index (κ3) is 3.94. The summed E-state index contributed by atoms with van der Waals surface area (Å²) in [5.74, 6) is 0.926. The highest BCUT2D eigenvalue weighted by molar-refractivity contribution is 5.96. The van der Waals surface area contributed by atoms with Crippen LogP contribution in [0.15, 0.2) is 42.5 Å². The molecule has 0 aliphatic rings. The molecule has 0 amide bonds. The van der Waals surface area contributed by atoms with Crippen LogP contribution < -0.4 is 4.74 Å². The zero-order valence-electron chi connectivity index (χ0n) is 13.0. The molecule has 2 heteroatoms. The van der Waals surface area contributed by atoms with E-state index in [0.717, 1.165) is 17.7 Å². The summed E-state index contributed by atoms with van der Waals surface area (Å²) in [4.78, 5) is 11.9. The minimum atomic E-state index is 0.176. The SMILES string of the molecule is CCCC(=O)c1cccc(OCc2c(C)cccc2C)c1. The molecule has 0 aliphatic carbocycles. The van der Waals surface area contributed by atoms with Gasteiger partial charge < -0.3 is 4.74 Å². The fraction of sp³-hybridized carbons (Fsp3) is 0.316. The van der Waals surface area contributed by atoms with Crippen LogP contribution in [-0.4, -0.2) is 5.78 Å². The number of carbonyl (C=O) groups excluding carboxylic acids is 1. The molecule has 0 spiro atoms. The van der Waals surface area contributed by atoms with Gasteiger partial charge in [-0.05, 0) is 49.1 Å². The van der Waals surface area contributed by atoms with E-state index in [2.05, 4.69) is 32.0 Å². The number of hydrogen-bond acceptors (Lipinski definition) is 2. The number of benzene rings is 2.